The van der Waals surface area contributed by atoms with Gasteiger partial charge >= 0.3 is 0 Å². The van der Waals surface area contributed by atoms with Crippen molar-refractivity contribution < 1.29 is 0 Å². The second kappa shape index (κ2) is 7.91. The van der Waals surface area contributed by atoms with Crippen molar-refractivity contribution in [2.24, 2.45) is 0 Å². The van der Waals surface area contributed by atoms with Gasteiger partial charge in [0.1, 0.15) is 0 Å². The number of piperidine rings is 1. The molecular formula is C26H35N5O. The second-order valence-electron chi connectivity index (χ2n) is 10.5. The molecular weight excluding hydrogens is 398 g/mol. The van der Waals surface area contributed by atoms with E-state index >= 15 is 0 Å². The number of aromatic amines is 1. The van der Waals surface area contributed by atoms with Gasteiger partial charge in [-0.05, 0) is 76.6 Å². The number of rotatable bonds is 3. The highest BCUT2D eigenvalue weighted by Crippen LogP contribution is 2.47. The Bertz CT molecular complexity index is 1050. The number of nitrogens with zero attached hydrogens (tertiary/aromatic N) is 4. The number of aryl methyl sites for hydroxylation is 1. The maximum atomic E-state index is 12.6. The van der Waals surface area contributed by atoms with Gasteiger partial charge in [-0.1, -0.05) is 18.2 Å². The summed E-state index contributed by atoms with van der Waals surface area (Å²) in [6.07, 6.45) is 8.94. The van der Waals surface area contributed by atoms with Crippen LogP contribution in [0, 0.1) is 0 Å². The Morgan fingerprint density at radius 2 is 1.91 bits per heavy atom. The third-order valence-corrected chi connectivity index (χ3v) is 8.61. The number of benzene rings is 1. The van der Waals surface area contributed by atoms with Gasteiger partial charge in [-0.25, -0.2) is 4.98 Å². The molecule has 6 rings (SSSR count). The molecule has 1 N–H and O–H groups in total. The Balaban J connectivity index is 1.22. The van der Waals surface area contributed by atoms with Crippen LogP contribution in [0.15, 0.2) is 29.1 Å². The molecule has 170 valence electrons. The maximum absolute atomic E-state index is 12.6. The molecule has 6 nitrogen and oxygen atoms in total. The van der Waals surface area contributed by atoms with Crippen LogP contribution >= 0.6 is 0 Å². The molecule has 2 aromatic rings. The Hall–Kier alpha value is -2.34. The van der Waals surface area contributed by atoms with Crippen LogP contribution in [0.4, 0.5) is 11.6 Å². The van der Waals surface area contributed by atoms with E-state index in [-0.39, 0.29) is 11.0 Å². The van der Waals surface area contributed by atoms with Gasteiger partial charge in [-0.2, -0.15) is 0 Å². The van der Waals surface area contributed by atoms with Crippen molar-refractivity contribution in [1.29, 1.82) is 0 Å². The standard InChI is InChI=1S/C26H35N5O/c1-29-14-6-7-19(29)17-31-18-26(21-9-3-5-11-23(21)31)12-15-30(16-13-26)25-27-22-10-4-2-8-20(22)24(32)28-25/h3,5,9,11,19H,2,4,6-8,10,12-18H2,1H3,(H,27,28,32). The molecule has 2 fully saturated rings. The topological polar surface area (TPSA) is 55.5 Å². The zero-order valence-electron chi connectivity index (χ0n) is 19.3. The van der Waals surface area contributed by atoms with Crippen molar-refractivity contribution in [2.45, 2.75) is 62.8 Å². The molecule has 1 aliphatic carbocycles. The van der Waals surface area contributed by atoms with E-state index in [9.17, 15) is 4.79 Å². The largest absolute Gasteiger partial charge is 0.369 e. The molecule has 32 heavy (non-hydrogen) atoms. The summed E-state index contributed by atoms with van der Waals surface area (Å²) in [5, 5.41) is 0. The van der Waals surface area contributed by atoms with E-state index < -0.39 is 0 Å². The van der Waals surface area contributed by atoms with Gasteiger partial charge in [0.05, 0.1) is 5.69 Å². The quantitative estimate of drug-likeness (QED) is 0.806. The summed E-state index contributed by atoms with van der Waals surface area (Å²) < 4.78 is 0. The monoisotopic (exact) mass is 433 g/mol. The summed E-state index contributed by atoms with van der Waals surface area (Å²) in [6.45, 7) is 5.39. The minimum absolute atomic E-state index is 0.0862. The van der Waals surface area contributed by atoms with Crippen LogP contribution in [-0.2, 0) is 18.3 Å². The Morgan fingerprint density at radius 1 is 1.09 bits per heavy atom. The lowest BCUT2D eigenvalue weighted by atomic mass is 9.74. The summed E-state index contributed by atoms with van der Waals surface area (Å²) in [5.74, 6) is 0.793. The van der Waals surface area contributed by atoms with Crippen LogP contribution in [0.1, 0.15) is 55.3 Å². The minimum atomic E-state index is 0.0862. The van der Waals surface area contributed by atoms with E-state index in [1.807, 2.05) is 0 Å². The number of para-hydroxylation sites is 1. The van der Waals surface area contributed by atoms with E-state index in [0.717, 1.165) is 81.9 Å². The van der Waals surface area contributed by atoms with Crippen LogP contribution in [0.3, 0.4) is 0 Å². The molecule has 6 heteroatoms. The maximum Gasteiger partial charge on any atom is 0.255 e. The lowest BCUT2D eigenvalue weighted by molar-refractivity contribution is 0.301. The molecule has 0 saturated carbocycles. The third kappa shape index (κ3) is 3.35. The molecule has 3 aliphatic heterocycles. The Morgan fingerprint density at radius 3 is 2.72 bits per heavy atom. The first-order valence-corrected chi connectivity index (χ1v) is 12.5. The van der Waals surface area contributed by atoms with E-state index in [4.69, 9.17) is 4.98 Å². The summed E-state index contributed by atoms with van der Waals surface area (Å²) >= 11 is 0. The SMILES string of the molecule is CN1CCCC1CN1CC2(CCN(c3nc4c(c(=O)[nH]3)CCCC4)CC2)c2ccccc21. The first-order valence-electron chi connectivity index (χ1n) is 12.5. The van der Waals surface area contributed by atoms with Crippen molar-refractivity contribution in [2.75, 3.05) is 49.6 Å². The van der Waals surface area contributed by atoms with E-state index in [0.29, 0.717) is 6.04 Å². The number of likely N-dealkylation sites (N-methyl/N-ethyl adjacent to an activating group) is 1. The number of aromatic nitrogens is 2. The van der Waals surface area contributed by atoms with Crippen LogP contribution in [-0.4, -0.2) is 60.7 Å². The number of nitrogens with one attached hydrogen (secondary N) is 1. The molecule has 1 aromatic heterocycles. The van der Waals surface area contributed by atoms with E-state index in [1.165, 1.54) is 30.6 Å². The van der Waals surface area contributed by atoms with Crippen LogP contribution in [0.2, 0.25) is 0 Å². The summed E-state index contributed by atoms with van der Waals surface area (Å²) in [4.78, 5) is 28.2. The van der Waals surface area contributed by atoms with Crippen molar-refractivity contribution in [1.82, 2.24) is 14.9 Å². The highest BCUT2D eigenvalue weighted by Gasteiger charge is 2.45. The summed E-state index contributed by atoms with van der Waals surface area (Å²) in [6, 6.07) is 9.76. The predicted molar refractivity (Wildman–Crippen MR) is 129 cm³/mol. The van der Waals surface area contributed by atoms with Crippen LogP contribution in [0.5, 0.6) is 0 Å². The molecule has 0 radical (unpaired) electrons. The van der Waals surface area contributed by atoms with Gasteiger partial charge in [-0.15, -0.1) is 0 Å². The van der Waals surface area contributed by atoms with Gasteiger partial charge in [0.25, 0.3) is 5.56 Å². The van der Waals surface area contributed by atoms with Gasteiger partial charge in [-0.3, -0.25) is 9.78 Å². The molecule has 4 heterocycles. The minimum Gasteiger partial charge on any atom is -0.369 e. The lowest BCUT2D eigenvalue weighted by Crippen LogP contribution is -2.47. The fraction of sp³-hybridized carbons (Fsp3) is 0.615. The number of H-pyrrole nitrogens is 1. The normalized spacial score (nSPS) is 24.7. The predicted octanol–water partition coefficient (Wildman–Crippen LogP) is 3.10. The highest BCUT2D eigenvalue weighted by molar-refractivity contribution is 5.63. The molecule has 1 atom stereocenters. The molecule has 0 bridgehead atoms. The van der Waals surface area contributed by atoms with Crippen LogP contribution < -0.4 is 15.4 Å². The summed E-state index contributed by atoms with van der Waals surface area (Å²) in [5.41, 5.74) is 5.24. The Kier molecular flexibility index (Phi) is 5.01. The number of hydrogen-bond donors (Lipinski definition) is 1. The van der Waals surface area contributed by atoms with Gasteiger partial charge in [0.2, 0.25) is 5.95 Å². The van der Waals surface area contributed by atoms with Crippen molar-refractivity contribution in [3.8, 4) is 0 Å². The van der Waals surface area contributed by atoms with Crippen LogP contribution in [0.25, 0.3) is 0 Å². The van der Waals surface area contributed by atoms with Crippen molar-refractivity contribution in [3.63, 3.8) is 0 Å². The molecule has 1 aromatic carbocycles. The number of hydrogen-bond acceptors (Lipinski definition) is 5. The summed E-state index contributed by atoms with van der Waals surface area (Å²) in [7, 11) is 2.28. The first kappa shape index (κ1) is 20.3. The second-order valence-corrected chi connectivity index (χ2v) is 10.5. The number of likely N-dealkylation sites (tertiary alicyclic amines) is 1. The van der Waals surface area contributed by atoms with Gasteiger partial charge in [0.15, 0.2) is 0 Å². The lowest BCUT2D eigenvalue weighted by Gasteiger charge is -2.40. The van der Waals surface area contributed by atoms with Crippen molar-refractivity contribution in [3.05, 3.63) is 51.4 Å². The molecule has 0 amide bonds. The zero-order chi connectivity index (χ0) is 21.7. The molecule has 4 aliphatic rings. The van der Waals surface area contributed by atoms with Gasteiger partial charge < -0.3 is 14.7 Å². The van der Waals surface area contributed by atoms with Crippen molar-refractivity contribution >= 4 is 11.6 Å². The average Bonchev–Trinajstić information content (AvgIpc) is 3.36. The highest BCUT2D eigenvalue weighted by atomic mass is 16.1. The third-order valence-electron chi connectivity index (χ3n) is 8.61. The van der Waals surface area contributed by atoms with Gasteiger partial charge in [0, 0.05) is 48.9 Å². The van der Waals surface area contributed by atoms with E-state index in [2.05, 4.69) is 51.0 Å². The Labute approximate surface area is 190 Å². The number of fused-ring (bicyclic) bond motifs is 3. The molecule has 1 unspecified atom stereocenters. The van der Waals surface area contributed by atoms with E-state index in [1.54, 1.807) is 0 Å². The fourth-order valence-electron chi connectivity index (χ4n) is 6.67. The fourth-order valence-corrected chi connectivity index (χ4v) is 6.67. The smallest absolute Gasteiger partial charge is 0.255 e. The first-order chi connectivity index (χ1) is 15.6. The number of anilines is 2. The zero-order valence-corrected chi connectivity index (χ0v) is 19.3. The molecule has 1 spiro atoms. The molecule has 2 saturated heterocycles. The average molecular weight is 434 g/mol.